The second kappa shape index (κ2) is 4.70. The summed E-state index contributed by atoms with van der Waals surface area (Å²) in [6.45, 7) is 0.747. The van der Waals surface area contributed by atoms with Crippen molar-refractivity contribution in [3.05, 3.63) is 34.5 Å². The lowest BCUT2D eigenvalue weighted by molar-refractivity contribution is -0.123. The Labute approximate surface area is 121 Å². The van der Waals surface area contributed by atoms with Crippen LogP contribution >= 0.6 is 11.3 Å². The van der Waals surface area contributed by atoms with E-state index in [0.29, 0.717) is 5.92 Å². The van der Waals surface area contributed by atoms with Gasteiger partial charge in [-0.1, -0.05) is 0 Å². The fourth-order valence-electron chi connectivity index (χ4n) is 3.00. The maximum absolute atomic E-state index is 12.3. The molecule has 1 aliphatic carbocycles. The number of rotatable bonds is 3. The molecule has 1 fully saturated rings. The van der Waals surface area contributed by atoms with Gasteiger partial charge in [0, 0.05) is 18.4 Å². The highest BCUT2D eigenvalue weighted by molar-refractivity contribution is 7.08. The molecule has 2 aliphatic rings. The van der Waals surface area contributed by atoms with Gasteiger partial charge in [-0.3, -0.25) is 4.79 Å². The Morgan fingerprint density at radius 3 is 3.30 bits per heavy atom. The van der Waals surface area contributed by atoms with Crippen LogP contribution in [0.1, 0.15) is 30.1 Å². The maximum Gasteiger partial charge on any atom is 0.224 e. The summed E-state index contributed by atoms with van der Waals surface area (Å²) in [6.07, 6.45) is 4.43. The summed E-state index contributed by atoms with van der Waals surface area (Å²) in [5, 5.41) is 11.6. The van der Waals surface area contributed by atoms with Crippen LogP contribution in [0.2, 0.25) is 0 Å². The number of carbonyl (C=O) groups is 1. The first kappa shape index (κ1) is 12.1. The van der Waals surface area contributed by atoms with E-state index in [1.54, 1.807) is 17.7 Å². The van der Waals surface area contributed by atoms with Crippen LogP contribution in [0.4, 0.5) is 0 Å². The average molecular weight is 288 g/mol. The minimum absolute atomic E-state index is 0.168. The number of carbonyl (C=O) groups excluding carboxylic acids is 1. The molecule has 0 radical (unpaired) electrons. The van der Waals surface area contributed by atoms with E-state index >= 15 is 0 Å². The van der Waals surface area contributed by atoms with Crippen molar-refractivity contribution in [3.8, 4) is 0 Å². The van der Waals surface area contributed by atoms with Crippen molar-refractivity contribution >= 4 is 17.2 Å². The lowest BCUT2D eigenvalue weighted by Crippen LogP contribution is -2.42. The predicted octanol–water partition coefficient (Wildman–Crippen LogP) is 1.57. The average Bonchev–Trinajstić information content (AvgIpc) is 2.89. The third-order valence-corrected chi connectivity index (χ3v) is 4.95. The molecule has 0 spiro atoms. The van der Waals surface area contributed by atoms with E-state index in [1.165, 1.54) is 5.56 Å². The van der Waals surface area contributed by atoms with Crippen molar-refractivity contribution in [2.45, 2.75) is 37.8 Å². The zero-order chi connectivity index (χ0) is 13.5. The van der Waals surface area contributed by atoms with Gasteiger partial charge < -0.3 is 5.32 Å². The van der Waals surface area contributed by atoms with Crippen LogP contribution in [0, 0.1) is 5.92 Å². The Kier molecular flexibility index (Phi) is 2.84. The van der Waals surface area contributed by atoms with Gasteiger partial charge in [-0.05, 0) is 41.1 Å². The van der Waals surface area contributed by atoms with Gasteiger partial charge in [-0.15, -0.1) is 0 Å². The predicted molar refractivity (Wildman–Crippen MR) is 75.4 cm³/mol. The van der Waals surface area contributed by atoms with Crippen LogP contribution in [0.15, 0.2) is 23.2 Å². The van der Waals surface area contributed by atoms with Crippen LogP contribution in [-0.2, 0) is 17.8 Å². The van der Waals surface area contributed by atoms with E-state index in [4.69, 9.17) is 0 Å². The molecule has 3 heterocycles. The van der Waals surface area contributed by atoms with Crippen molar-refractivity contribution in [1.29, 1.82) is 0 Å². The Bertz CT molecular complexity index is 621. The number of nitrogens with zero attached hydrogens (tertiary/aromatic N) is 3. The van der Waals surface area contributed by atoms with E-state index in [2.05, 4.69) is 32.2 Å². The summed E-state index contributed by atoms with van der Waals surface area (Å²) in [5.41, 5.74) is 1.32. The van der Waals surface area contributed by atoms with E-state index < -0.39 is 0 Å². The molecule has 0 saturated heterocycles. The lowest BCUT2D eigenvalue weighted by Gasteiger charge is -2.23. The van der Waals surface area contributed by atoms with Crippen LogP contribution in [0.3, 0.4) is 0 Å². The Hall–Kier alpha value is -1.69. The largest absolute Gasteiger partial charge is 0.351 e. The topological polar surface area (TPSA) is 59.8 Å². The van der Waals surface area contributed by atoms with Crippen LogP contribution in [-0.4, -0.2) is 26.7 Å². The first-order valence-electron chi connectivity index (χ1n) is 7.00. The normalized spacial score (nSPS) is 27.9. The smallest absolute Gasteiger partial charge is 0.224 e. The molecule has 1 aliphatic heterocycles. The molecular formula is C14H16N4OS. The SMILES string of the molecule is O=C(NC1CCc2ncnn2C1)[C@@H]1C[C@H]1c1ccsc1. The van der Waals surface area contributed by atoms with Gasteiger partial charge in [-0.25, -0.2) is 9.67 Å². The number of hydrogen-bond acceptors (Lipinski definition) is 4. The van der Waals surface area contributed by atoms with Gasteiger partial charge in [0.05, 0.1) is 6.54 Å². The summed E-state index contributed by atoms with van der Waals surface area (Å²) in [5.74, 6) is 1.83. The van der Waals surface area contributed by atoms with E-state index in [0.717, 1.165) is 31.6 Å². The molecule has 4 rings (SSSR count). The quantitative estimate of drug-likeness (QED) is 0.932. The highest BCUT2D eigenvalue weighted by atomic mass is 32.1. The van der Waals surface area contributed by atoms with Crippen molar-refractivity contribution in [2.75, 3.05) is 0 Å². The van der Waals surface area contributed by atoms with Gasteiger partial charge in [0.25, 0.3) is 0 Å². The number of aromatic nitrogens is 3. The molecule has 0 aromatic carbocycles. The molecule has 104 valence electrons. The van der Waals surface area contributed by atoms with Crippen LogP contribution in [0.5, 0.6) is 0 Å². The molecule has 6 heteroatoms. The van der Waals surface area contributed by atoms with Crippen molar-refractivity contribution in [2.24, 2.45) is 5.92 Å². The molecule has 5 nitrogen and oxygen atoms in total. The number of amides is 1. The highest BCUT2D eigenvalue weighted by Crippen LogP contribution is 2.48. The zero-order valence-electron chi connectivity index (χ0n) is 11.0. The third kappa shape index (κ3) is 2.14. The number of hydrogen-bond donors (Lipinski definition) is 1. The number of aryl methyl sites for hydroxylation is 1. The molecule has 2 aromatic rings. The molecular weight excluding hydrogens is 272 g/mol. The molecule has 2 aromatic heterocycles. The standard InChI is InChI=1S/C14H16N4OS/c19-14(12-5-11(12)9-3-4-20-7-9)17-10-1-2-13-15-8-16-18(13)6-10/h3-4,7-8,10-12H,1-2,5-6H2,(H,17,19)/t10?,11-,12+/m0/s1. The Morgan fingerprint density at radius 2 is 2.45 bits per heavy atom. The van der Waals surface area contributed by atoms with Gasteiger partial charge in [0.15, 0.2) is 0 Å². The molecule has 20 heavy (non-hydrogen) atoms. The maximum atomic E-state index is 12.3. The monoisotopic (exact) mass is 288 g/mol. The first-order valence-corrected chi connectivity index (χ1v) is 7.94. The molecule has 1 amide bonds. The Balaban J connectivity index is 1.36. The first-order chi connectivity index (χ1) is 9.81. The molecule has 1 N–H and O–H groups in total. The minimum Gasteiger partial charge on any atom is -0.351 e. The molecule has 1 saturated carbocycles. The summed E-state index contributed by atoms with van der Waals surface area (Å²) < 4.78 is 1.90. The zero-order valence-corrected chi connectivity index (χ0v) is 11.8. The van der Waals surface area contributed by atoms with Gasteiger partial charge in [0.1, 0.15) is 12.2 Å². The van der Waals surface area contributed by atoms with Crippen molar-refractivity contribution < 1.29 is 4.79 Å². The second-order valence-corrected chi connectivity index (χ2v) is 6.39. The van der Waals surface area contributed by atoms with Crippen molar-refractivity contribution in [3.63, 3.8) is 0 Å². The number of nitrogens with one attached hydrogen (secondary N) is 1. The van der Waals surface area contributed by atoms with Crippen LogP contribution < -0.4 is 5.32 Å². The summed E-state index contributed by atoms with van der Waals surface area (Å²) in [4.78, 5) is 16.5. The summed E-state index contributed by atoms with van der Waals surface area (Å²) in [7, 11) is 0. The summed E-state index contributed by atoms with van der Waals surface area (Å²) >= 11 is 1.70. The van der Waals surface area contributed by atoms with Crippen LogP contribution in [0.25, 0.3) is 0 Å². The molecule has 1 unspecified atom stereocenters. The van der Waals surface area contributed by atoms with Crippen molar-refractivity contribution in [1.82, 2.24) is 20.1 Å². The third-order valence-electron chi connectivity index (χ3n) is 4.25. The fourth-order valence-corrected chi connectivity index (χ4v) is 3.73. The lowest BCUT2D eigenvalue weighted by atomic mass is 10.1. The number of thiophene rings is 1. The highest BCUT2D eigenvalue weighted by Gasteiger charge is 2.44. The molecule has 3 atom stereocenters. The van der Waals surface area contributed by atoms with Gasteiger partial charge in [0.2, 0.25) is 5.91 Å². The second-order valence-electron chi connectivity index (χ2n) is 5.61. The van der Waals surface area contributed by atoms with E-state index in [1.807, 2.05) is 4.68 Å². The van der Waals surface area contributed by atoms with E-state index in [-0.39, 0.29) is 17.9 Å². The van der Waals surface area contributed by atoms with E-state index in [9.17, 15) is 4.79 Å². The summed E-state index contributed by atoms with van der Waals surface area (Å²) in [6, 6.07) is 2.32. The van der Waals surface area contributed by atoms with Gasteiger partial charge in [-0.2, -0.15) is 16.4 Å². The number of fused-ring (bicyclic) bond motifs is 1. The Morgan fingerprint density at radius 1 is 1.50 bits per heavy atom. The van der Waals surface area contributed by atoms with Gasteiger partial charge >= 0.3 is 0 Å². The fraction of sp³-hybridized carbons (Fsp3) is 0.500. The minimum atomic E-state index is 0.168. The molecule has 0 bridgehead atoms.